The summed E-state index contributed by atoms with van der Waals surface area (Å²) in [7, 11) is 3.36. The molecule has 1 unspecified atom stereocenters. The van der Waals surface area contributed by atoms with Gasteiger partial charge in [0.05, 0.1) is 11.7 Å². The van der Waals surface area contributed by atoms with E-state index in [0.29, 0.717) is 6.42 Å². The molecule has 24 heavy (non-hydrogen) atoms. The lowest BCUT2D eigenvalue weighted by atomic mass is 10.0. The number of hydrogen-bond donors (Lipinski definition) is 1. The van der Waals surface area contributed by atoms with Crippen LogP contribution < -0.4 is 5.32 Å². The SMILES string of the molecule is COCC(=O)NC(Cc1ccccc1)c1nn(C)c2ncccc12. The number of methoxy groups -OCH3 is 1. The highest BCUT2D eigenvalue weighted by Crippen LogP contribution is 2.24. The molecule has 1 N–H and O–H groups in total. The van der Waals surface area contributed by atoms with Crippen LogP contribution in [0.1, 0.15) is 17.3 Å². The average molecular weight is 324 g/mol. The lowest BCUT2D eigenvalue weighted by Crippen LogP contribution is -2.33. The zero-order valence-electron chi connectivity index (χ0n) is 13.8. The second-order valence-electron chi connectivity index (χ2n) is 5.63. The molecule has 1 amide bonds. The first kappa shape index (κ1) is 16.1. The van der Waals surface area contributed by atoms with Crippen molar-refractivity contribution in [3.05, 3.63) is 59.9 Å². The number of nitrogens with zero attached hydrogens (tertiary/aromatic N) is 3. The van der Waals surface area contributed by atoms with Gasteiger partial charge in [-0.2, -0.15) is 5.10 Å². The smallest absolute Gasteiger partial charge is 0.246 e. The minimum Gasteiger partial charge on any atom is -0.375 e. The molecule has 1 atom stereocenters. The van der Waals surface area contributed by atoms with Crippen LogP contribution in [-0.4, -0.2) is 34.4 Å². The number of carbonyl (C=O) groups excluding carboxylic acids is 1. The summed E-state index contributed by atoms with van der Waals surface area (Å²) >= 11 is 0. The Hall–Kier alpha value is -2.73. The largest absolute Gasteiger partial charge is 0.375 e. The van der Waals surface area contributed by atoms with Gasteiger partial charge in [-0.15, -0.1) is 0 Å². The Morgan fingerprint density at radius 2 is 2.04 bits per heavy atom. The molecular weight excluding hydrogens is 304 g/mol. The molecule has 2 heterocycles. The van der Waals surface area contributed by atoms with Crippen molar-refractivity contribution in [1.29, 1.82) is 0 Å². The van der Waals surface area contributed by atoms with E-state index in [9.17, 15) is 4.79 Å². The summed E-state index contributed by atoms with van der Waals surface area (Å²) in [4.78, 5) is 16.4. The van der Waals surface area contributed by atoms with Crippen LogP contribution in [0.4, 0.5) is 0 Å². The number of amides is 1. The topological polar surface area (TPSA) is 69.0 Å². The van der Waals surface area contributed by atoms with Gasteiger partial charge in [-0.3, -0.25) is 9.48 Å². The van der Waals surface area contributed by atoms with E-state index in [0.717, 1.165) is 22.3 Å². The number of nitrogens with one attached hydrogen (secondary N) is 1. The highest BCUT2D eigenvalue weighted by Gasteiger charge is 2.22. The third-order valence-electron chi connectivity index (χ3n) is 3.85. The van der Waals surface area contributed by atoms with Gasteiger partial charge >= 0.3 is 0 Å². The van der Waals surface area contributed by atoms with Gasteiger partial charge in [-0.25, -0.2) is 4.98 Å². The van der Waals surface area contributed by atoms with Crippen molar-refractivity contribution in [3.63, 3.8) is 0 Å². The van der Waals surface area contributed by atoms with Crippen LogP contribution in [0.5, 0.6) is 0 Å². The summed E-state index contributed by atoms with van der Waals surface area (Å²) in [5, 5.41) is 8.56. The minimum atomic E-state index is -0.247. The monoisotopic (exact) mass is 324 g/mol. The Labute approximate surface area is 140 Å². The Morgan fingerprint density at radius 1 is 1.25 bits per heavy atom. The number of benzene rings is 1. The van der Waals surface area contributed by atoms with Gasteiger partial charge in [0.15, 0.2) is 5.65 Å². The highest BCUT2D eigenvalue weighted by molar-refractivity contribution is 5.81. The molecule has 0 radical (unpaired) electrons. The van der Waals surface area contributed by atoms with Gasteiger partial charge in [0.1, 0.15) is 6.61 Å². The van der Waals surface area contributed by atoms with E-state index in [-0.39, 0.29) is 18.6 Å². The first-order chi connectivity index (χ1) is 11.7. The van der Waals surface area contributed by atoms with Crippen molar-refractivity contribution in [1.82, 2.24) is 20.1 Å². The number of pyridine rings is 1. The second kappa shape index (κ2) is 7.23. The Bertz CT molecular complexity index is 829. The van der Waals surface area contributed by atoms with Crippen LogP contribution in [0, 0.1) is 0 Å². The first-order valence-corrected chi connectivity index (χ1v) is 7.79. The van der Waals surface area contributed by atoms with Crippen LogP contribution in [0.3, 0.4) is 0 Å². The number of aromatic nitrogens is 3. The van der Waals surface area contributed by atoms with Crippen molar-refractivity contribution >= 4 is 16.9 Å². The maximum Gasteiger partial charge on any atom is 0.246 e. The first-order valence-electron chi connectivity index (χ1n) is 7.79. The molecule has 0 bridgehead atoms. The summed E-state index contributed by atoms with van der Waals surface area (Å²) in [6.45, 7) is 0.0221. The molecular formula is C18H20N4O2. The second-order valence-corrected chi connectivity index (χ2v) is 5.63. The number of ether oxygens (including phenoxy) is 1. The number of rotatable bonds is 6. The molecule has 0 fully saturated rings. The summed E-state index contributed by atoms with van der Waals surface area (Å²) in [6, 6.07) is 13.6. The maximum atomic E-state index is 12.1. The molecule has 0 aliphatic carbocycles. The van der Waals surface area contributed by atoms with Gasteiger partial charge < -0.3 is 10.1 Å². The number of hydrogen-bond acceptors (Lipinski definition) is 4. The van der Waals surface area contributed by atoms with E-state index in [1.807, 2.05) is 49.5 Å². The predicted molar refractivity (Wildman–Crippen MR) is 91.4 cm³/mol. The molecule has 1 aromatic carbocycles. The molecule has 3 aromatic rings. The molecule has 6 heteroatoms. The molecule has 0 spiro atoms. The molecule has 0 aliphatic heterocycles. The van der Waals surface area contributed by atoms with Crippen LogP contribution in [-0.2, 0) is 23.0 Å². The zero-order valence-corrected chi connectivity index (χ0v) is 13.8. The Balaban J connectivity index is 1.97. The van der Waals surface area contributed by atoms with Crippen molar-refractivity contribution in [2.75, 3.05) is 13.7 Å². The summed E-state index contributed by atoms with van der Waals surface area (Å²) in [5.74, 6) is -0.166. The molecule has 124 valence electrons. The van der Waals surface area contributed by atoms with Crippen LogP contribution in [0.25, 0.3) is 11.0 Å². The van der Waals surface area contributed by atoms with Crippen molar-refractivity contribution < 1.29 is 9.53 Å². The van der Waals surface area contributed by atoms with Gasteiger partial charge in [-0.05, 0) is 24.1 Å². The van der Waals surface area contributed by atoms with Crippen molar-refractivity contribution in [3.8, 4) is 0 Å². The van der Waals surface area contributed by atoms with E-state index in [1.165, 1.54) is 7.11 Å². The highest BCUT2D eigenvalue weighted by atomic mass is 16.5. The number of aryl methyl sites for hydroxylation is 1. The Kier molecular flexibility index (Phi) is 4.86. The van der Waals surface area contributed by atoms with E-state index in [2.05, 4.69) is 15.4 Å². The van der Waals surface area contributed by atoms with Gasteiger partial charge in [0.2, 0.25) is 5.91 Å². The molecule has 0 saturated heterocycles. The fourth-order valence-corrected chi connectivity index (χ4v) is 2.81. The fraction of sp³-hybridized carbons (Fsp3) is 0.278. The molecule has 3 rings (SSSR count). The molecule has 0 aliphatic rings. The minimum absolute atomic E-state index is 0.0221. The molecule has 2 aromatic heterocycles. The third kappa shape index (κ3) is 3.44. The lowest BCUT2D eigenvalue weighted by molar-refractivity contribution is -0.125. The molecule has 6 nitrogen and oxygen atoms in total. The van der Waals surface area contributed by atoms with E-state index >= 15 is 0 Å². The van der Waals surface area contributed by atoms with Crippen LogP contribution >= 0.6 is 0 Å². The van der Waals surface area contributed by atoms with Gasteiger partial charge in [0, 0.05) is 25.7 Å². The normalized spacial score (nSPS) is 12.2. The zero-order chi connectivity index (χ0) is 16.9. The molecule has 0 saturated carbocycles. The lowest BCUT2D eigenvalue weighted by Gasteiger charge is -2.17. The quantitative estimate of drug-likeness (QED) is 0.753. The standard InChI is InChI=1S/C18H20N4O2/c1-22-18-14(9-6-10-19-18)17(21-22)15(20-16(23)12-24-2)11-13-7-4-3-5-8-13/h3-10,15H,11-12H2,1-2H3,(H,20,23). The van der Waals surface area contributed by atoms with Crippen LogP contribution in [0.15, 0.2) is 48.7 Å². The van der Waals surface area contributed by atoms with E-state index < -0.39 is 0 Å². The van der Waals surface area contributed by atoms with E-state index in [4.69, 9.17) is 4.74 Å². The average Bonchev–Trinajstić information content (AvgIpc) is 2.93. The van der Waals surface area contributed by atoms with Crippen molar-refractivity contribution in [2.45, 2.75) is 12.5 Å². The summed E-state index contributed by atoms with van der Waals surface area (Å²) in [6.07, 6.45) is 2.39. The number of fused-ring (bicyclic) bond motifs is 1. The Morgan fingerprint density at radius 3 is 2.79 bits per heavy atom. The maximum absolute atomic E-state index is 12.1. The summed E-state index contributed by atoms with van der Waals surface area (Å²) in [5.41, 5.74) is 2.74. The van der Waals surface area contributed by atoms with Gasteiger partial charge in [0.25, 0.3) is 0 Å². The summed E-state index contributed by atoms with van der Waals surface area (Å²) < 4.78 is 6.67. The third-order valence-corrected chi connectivity index (χ3v) is 3.85. The predicted octanol–water partition coefficient (Wildman–Crippen LogP) is 2.01. The van der Waals surface area contributed by atoms with Crippen molar-refractivity contribution in [2.24, 2.45) is 7.05 Å². The van der Waals surface area contributed by atoms with Crippen LogP contribution in [0.2, 0.25) is 0 Å². The fourth-order valence-electron chi connectivity index (χ4n) is 2.81. The number of carbonyl (C=O) groups is 1. The van der Waals surface area contributed by atoms with Gasteiger partial charge in [-0.1, -0.05) is 30.3 Å². The van der Waals surface area contributed by atoms with E-state index in [1.54, 1.807) is 10.9 Å².